The molecule has 0 radical (unpaired) electrons. The fourth-order valence-corrected chi connectivity index (χ4v) is 2.88. The number of aromatic nitrogens is 4. The van der Waals surface area contributed by atoms with Gasteiger partial charge >= 0.3 is 0 Å². The van der Waals surface area contributed by atoms with E-state index in [0.29, 0.717) is 21.9 Å². The Balaban J connectivity index is 1.97. The van der Waals surface area contributed by atoms with E-state index in [9.17, 15) is 9.18 Å². The highest BCUT2D eigenvalue weighted by molar-refractivity contribution is 9.10. The molecule has 0 saturated heterocycles. The van der Waals surface area contributed by atoms with Crippen molar-refractivity contribution in [3.8, 4) is 5.95 Å². The number of carbonyl (C=O) groups is 1. The molecule has 3 rings (SSSR count). The molecule has 3 aromatic rings. The molecule has 6 nitrogen and oxygen atoms in total. The molecule has 128 valence electrons. The number of nitrogens with zero attached hydrogens (tertiary/aromatic N) is 4. The van der Waals surface area contributed by atoms with Gasteiger partial charge in [-0.05, 0) is 45.0 Å². The molecule has 0 atom stereocenters. The highest BCUT2D eigenvalue weighted by Crippen LogP contribution is 2.19. The van der Waals surface area contributed by atoms with Gasteiger partial charge in [-0.25, -0.2) is 14.4 Å². The Morgan fingerprint density at radius 3 is 2.36 bits per heavy atom. The molecule has 0 fully saturated rings. The van der Waals surface area contributed by atoms with Crippen molar-refractivity contribution in [1.82, 2.24) is 19.7 Å². The Hall–Kier alpha value is -2.61. The van der Waals surface area contributed by atoms with E-state index in [1.54, 1.807) is 19.1 Å². The van der Waals surface area contributed by atoms with Gasteiger partial charge in [0.15, 0.2) is 0 Å². The number of amides is 1. The average Bonchev–Trinajstić information content (AvgIpc) is 2.86. The van der Waals surface area contributed by atoms with Crippen LogP contribution in [-0.4, -0.2) is 25.7 Å². The van der Waals surface area contributed by atoms with Crippen LogP contribution < -0.4 is 5.32 Å². The van der Waals surface area contributed by atoms with Gasteiger partial charge in [0, 0.05) is 27.5 Å². The predicted molar refractivity (Wildman–Crippen MR) is 95.4 cm³/mol. The lowest BCUT2D eigenvalue weighted by atomic mass is 10.2. The van der Waals surface area contributed by atoms with Crippen molar-refractivity contribution in [2.24, 2.45) is 0 Å². The van der Waals surface area contributed by atoms with Crippen molar-refractivity contribution in [1.29, 1.82) is 0 Å². The number of aryl methyl sites for hydroxylation is 3. The maximum absolute atomic E-state index is 13.5. The summed E-state index contributed by atoms with van der Waals surface area (Å²) in [6.45, 7) is 5.52. The van der Waals surface area contributed by atoms with Gasteiger partial charge < -0.3 is 5.32 Å². The Morgan fingerprint density at radius 2 is 1.72 bits per heavy atom. The van der Waals surface area contributed by atoms with Gasteiger partial charge in [0.1, 0.15) is 11.6 Å². The topological polar surface area (TPSA) is 72.7 Å². The van der Waals surface area contributed by atoms with Crippen molar-refractivity contribution in [2.45, 2.75) is 20.8 Å². The lowest BCUT2D eigenvalue weighted by Crippen LogP contribution is -2.16. The van der Waals surface area contributed by atoms with E-state index in [2.05, 4.69) is 36.3 Å². The first-order valence-corrected chi connectivity index (χ1v) is 8.28. The average molecular weight is 404 g/mol. The van der Waals surface area contributed by atoms with E-state index in [4.69, 9.17) is 0 Å². The van der Waals surface area contributed by atoms with Crippen LogP contribution in [0.5, 0.6) is 0 Å². The number of carbonyl (C=O) groups excluding carboxylic acids is 1. The summed E-state index contributed by atoms with van der Waals surface area (Å²) >= 11 is 3.18. The highest BCUT2D eigenvalue weighted by atomic mass is 79.9. The summed E-state index contributed by atoms with van der Waals surface area (Å²) in [7, 11) is 0. The third-order valence-electron chi connectivity index (χ3n) is 3.36. The standard InChI is InChI=1S/C17H15BrFN5O/c1-9-4-10(2)21-17(20-9)24-15(5-11(3)23-24)22-16(25)12-6-13(18)8-14(19)7-12/h4-8H,1-3H3,(H,22,25). The van der Waals surface area contributed by atoms with Crippen LogP contribution in [-0.2, 0) is 0 Å². The molecule has 1 N–H and O–H groups in total. The second kappa shape index (κ2) is 6.72. The number of halogens is 2. The normalized spacial score (nSPS) is 10.8. The number of hydrogen-bond acceptors (Lipinski definition) is 4. The first kappa shape index (κ1) is 17.2. The predicted octanol–water partition coefficient (Wildman–Crippen LogP) is 3.74. The van der Waals surface area contributed by atoms with E-state index >= 15 is 0 Å². The molecular formula is C17H15BrFN5O. The zero-order chi connectivity index (χ0) is 18.1. The molecule has 25 heavy (non-hydrogen) atoms. The molecule has 0 bridgehead atoms. The number of hydrogen-bond donors (Lipinski definition) is 1. The van der Waals surface area contributed by atoms with Crippen LogP contribution in [0.4, 0.5) is 10.2 Å². The van der Waals surface area contributed by atoms with E-state index in [-0.39, 0.29) is 5.56 Å². The zero-order valence-corrected chi connectivity index (χ0v) is 15.4. The summed E-state index contributed by atoms with van der Waals surface area (Å²) in [4.78, 5) is 21.2. The highest BCUT2D eigenvalue weighted by Gasteiger charge is 2.15. The first-order valence-electron chi connectivity index (χ1n) is 7.48. The van der Waals surface area contributed by atoms with Crippen LogP contribution in [0.15, 0.2) is 34.8 Å². The van der Waals surface area contributed by atoms with Crippen LogP contribution >= 0.6 is 15.9 Å². The number of nitrogens with one attached hydrogen (secondary N) is 1. The second-order valence-electron chi connectivity index (χ2n) is 5.65. The maximum Gasteiger partial charge on any atom is 0.256 e. The molecule has 0 aliphatic heterocycles. The van der Waals surface area contributed by atoms with Crippen LogP contribution in [0.25, 0.3) is 5.95 Å². The van der Waals surface area contributed by atoms with E-state index in [0.717, 1.165) is 11.4 Å². The Morgan fingerprint density at radius 1 is 1.04 bits per heavy atom. The Labute approximate surface area is 152 Å². The third kappa shape index (κ3) is 3.90. The molecule has 0 spiro atoms. The van der Waals surface area contributed by atoms with Gasteiger partial charge in [-0.2, -0.15) is 9.78 Å². The van der Waals surface area contributed by atoms with Gasteiger partial charge in [-0.3, -0.25) is 4.79 Å². The van der Waals surface area contributed by atoms with Crippen molar-refractivity contribution in [3.05, 3.63) is 63.3 Å². The first-order chi connectivity index (χ1) is 11.8. The van der Waals surface area contributed by atoms with E-state index in [1.807, 2.05) is 19.9 Å². The number of anilines is 1. The van der Waals surface area contributed by atoms with Crippen LogP contribution in [0.3, 0.4) is 0 Å². The quantitative estimate of drug-likeness (QED) is 0.722. The molecule has 1 amide bonds. The minimum Gasteiger partial charge on any atom is -0.306 e. The van der Waals surface area contributed by atoms with Gasteiger partial charge in [0.25, 0.3) is 11.9 Å². The summed E-state index contributed by atoms with van der Waals surface area (Å²) in [5.74, 6) is -0.179. The summed E-state index contributed by atoms with van der Waals surface area (Å²) in [6, 6.07) is 7.55. The maximum atomic E-state index is 13.5. The molecule has 0 unspecified atom stereocenters. The van der Waals surface area contributed by atoms with Crippen LogP contribution in [0.2, 0.25) is 0 Å². The van der Waals surface area contributed by atoms with Crippen LogP contribution in [0.1, 0.15) is 27.4 Å². The number of benzene rings is 1. The summed E-state index contributed by atoms with van der Waals surface area (Å²) < 4.78 is 15.5. The van der Waals surface area contributed by atoms with Crippen molar-refractivity contribution in [2.75, 3.05) is 5.32 Å². The van der Waals surface area contributed by atoms with Crippen molar-refractivity contribution < 1.29 is 9.18 Å². The van der Waals surface area contributed by atoms with Gasteiger partial charge in [-0.1, -0.05) is 15.9 Å². The molecule has 2 heterocycles. The lowest BCUT2D eigenvalue weighted by molar-refractivity contribution is 0.102. The molecule has 0 aliphatic rings. The molecule has 1 aromatic carbocycles. The van der Waals surface area contributed by atoms with Gasteiger partial charge in [0.2, 0.25) is 0 Å². The Bertz CT molecular complexity index is 929. The minimum absolute atomic E-state index is 0.193. The fourth-order valence-electron chi connectivity index (χ4n) is 2.42. The minimum atomic E-state index is -0.498. The smallest absolute Gasteiger partial charge is 0.256 e. The summed E-state index contributed by atoms with van der Waals surface area (Å²) in [5.41, 5.74) is 2.47. The van der Waals surface area contributed by atoms with E-state index < -0.39 is 11.7 Å². The SMILES string of the molecule is Cc1cc(C)nc(-n2nc(C)cc2NC(=O)c2cc(F)cc(Br)c2)n1. The van der Waals surface area contributed by atoms with Crippen LogP contribution in [0, 0.1) is 26.6 Å². The monoisotopic (exact) mass is 403 g/mol. The van der Waals surface area contributed by atoms with Gasteiger partial charge in [-0.15, -0.1) is 0 Å². The number of rotatable bonds is 3. The molecule has 8 heteroatoms. The lowest BCUT2D eigenvalue weighted by Gasteiger charge is -2.09. The molecule has 0 aliphatic carbocycles. The van der Waals surface area contributed by atoms with E-state index in [1.165, 1.54) is 16.8 Å². The zero-order valence-electron chi connectivity index (χ0n) is 13.8. The van der Waals surface area contributed by atoms with Crippen molar-refractivity contribution in [3.63, 3.8) is 0 Å². The summed E-state index contributed by atoms with van der Waals surface area (Å²) in [5, 5.41) is 7.07. The van der Waals surface area contributed by atoms with Gasteiger partial charge in [0.05, 0.1) is 5.69 Å². The largest absolute Gasteiger partial charge is 0.306 e. The third-order valence-corrected chi connectivity index (χ3v) is 3.82. The molecule has 2 aromatic heterocycles. The summed E-state index contributed by atoms with van der Waals surface area (Å²) in [6.07, 6.45) is 0. The van der Waals surface area contributed by atoms with Crippen molar-refractivity contribution >= 4 is 27.7 Å². The molecular weight excluding hydrogens is 389 g/mol. The molecule has 0 saturated carbocycles. The Kier molecular flexibility index (Phi) is 4.63. The second-order valence-corrected chi connectivity index (χ2v) is 6.56. The fraction of sp³-hybridized carbons (Fsp3) is 0.176.